The standard InChI is InChI=1S/C10H10N2O2/c1-7(10(13)14)8-6-12-5-3-2-4-9(12)11-8/h2-7H,1H3,(H,13,14)/t7-/m1/s1. The van der Waals surface area contributed by atoms with Crippen molar-refractivity contribution in [1.82, 2.24) is 9.38 Å². The average Bonchev–Trinajstić information content (AvgIpc) is 2.59. The van der Waals surface area contributed by atoms with Crippen molar-refractivity contribution >= 4 is 11.6 Å². The van der Waals surface area contributed by atoms with E-state index in [2.05, 4.69) is 4.98 Å². The van der Waals surface area contributed by atoms with Gasteiger partial charge in [0.1, 0.15) is 5.65 Å². The Labute approximate surface area is 80.8 Å². The Bertz CT molecular complexity index is 443. The number of nitrogens with zero attached hydrogens (tertiary/aromatic N) is 2. The van der Waals surface area contributed by atoms with Gasteiger partial charge in [0.2, 0.25) is 0 Å². The summed E-state index contributed by atoms with van der Waals surface area (Å²) in [7, 11) is 0. The van der Waals surface area contributed by atoms with E-state index < -0.39 is 11.9 Å². The lowest BCUT2D eigenvalue weighted by Crippen LogP contribution is -2.07. The fraction of sp³-hybridized carbons (Fsp3) is 0.200. The lowest BCUT2D eigenvalue weighted by molar-refractivity contribution is -0.138. The Morgan fingerprint density at radius 1 is 1.57 bits per heavy atom. The number of fused-ring (bicyclic) bond motifs is 1. The molecule has 1 N–H and O–H groups in total. The van der Waals surface area contributed by atoms with Crippen molar-refractivity contribution in [2.45, 2.75) is 12.8 Å². The molecule has 0 saturated carbocycles. The second-order valence-electron chi connectivity index (χ2n) is 3.19. The molecule has 2 aromatic rings. The molecule has 0 radical (unpaired) electrons. The lowest BCUT2D eigenvalue weighted by atomic mass is 10.1. The molecule has 72 valence electrons. The Morgan fingerprint density at radius 2 is 2.36 bits per heavy atom. The topological polar surface area (TPSA) is 54.6 Å². The third kappa shape index (κ3) is 1.35. The predicted octanol–water partition coefficient (Wildman–Crippen LogP) is 1.52. The minimum Gasteiger partial charge on any atom is -0.481 e. The van der Waals surface area contributed by atoms with Crippen LogP contribution in [0.3, 0.4) is 0 Å². The first-order valence-electron chi connectivity index (χ1n) is 4.35. The predicted molar refractivity (Wildman–Crippen MR) is 51.2 cm³/mol. The number of pyridine rings is 1. The van der Waals surface area contributed by atoms with Gasteiger partial charge in [0, 0.05) is 12.4 Å². The zero-order chi connectivity index (χ0) is 10.1. The maximum absolute atomic E-state index is 10.7. The highest BCUT2D eigenvalue weighted by Gasteiger charge is 2.16. The Kier molecular flexibility index (Phi) is 1.96. The molecule has 0 bridgehead atoms. The number of hydrogen-bond acceptors (Lipinski definition) is 2. The summed E-state index contributed by atoms with van der Waals surface area (Å²) in [6, 6.07) is 5.60. The van der Waals surface area contributed by atoms with Gasteiger partial charge in [-0.15, -0.1) is 0 Å². The first-order valence-corrected chi connectivity index (χ1v) is 4.35. The Balaban J connectivity index is 2.50. The number of aromatic nitrogens is 2. The van der Waals surface area contributed by atoms with Gasteiger partial charge >= 0.3 is 5.97 Å². The van der Waals surface area contributed by atoms with Crippen LogP contribution in [0.2, 0.25) is 0 Å². The number of rotatable bonds is 2. The summed E-state index contributed by atoms with van der Waals surface area (Å²) in [6.07, 6.45) is 3.59. The number of aliphatic carboxylic acids is 1. The van der Waals surface area contributed by atoms with Gasteiger partial charge in [0.25, 0.3) is 0 Å². The van der Waals surface area contributed by atoms with Crippen LogP contribution >= 0.6 is 0 Å². The third-order valence-electron chi connectivity index (χ3n) is 2.20. The number of carbonyl (C=O) groups is 1. The zero-order valence-corrected chi connectivity index (χ0v) is 7.71. The molecule has 0 aromatic carbocycles. The van der Waals surface area contributed by atoms with Crippen LogP contribution in [-0.2, 0) is 4.79 Å². The SMILES string of the molecule is C[C@@H](C(=O)O)c1cn2ccccc2n1. The zero-order valence-electron chi connectivity index (χ0n) is 7.71. The van der Waals surface area contributed by atoms with Crippen molar-refractivity contribution in [1.29, 1.82) is 0 Å². The second-order valence-corrected chi connectivity index (χ2v) is 3.19. The molecule has 0 amide bonds. The van der Waals surface area contributed by atoms with Crippen molar-refractivity contribution in [2.24, 2.45) is 0 Å². The fourth-order valence-corrected chi connectivity index (χ4v) is 1.29. The molecule has 0 spiro atoms. The van der Waals surface area contributed by atoms with Crippen molar-refractivity contribution in [2.75, 3.05) is 0 Å². The monoisotopic (exact) mass is 190 g/mol. The molecule has 0 unspecified atom stereocenters. The highest BCUT2D eigenvalue weighted by Crippen LogP contribution is 2.14. The van der Waals surface area contributed by atoms with Gasteiger partial charge in [-0.25, -0.2) is 4.98 Å². The quantitative estimate of drug-likeness (QED) is 0.781. The third-order valence-corrected chi connectivity index (χ3v) is 2.20. The highest BCUT2D eigenvalue weighted by molar-refractivity contribution is 5.75. The molecule has 0 fully saturated rings. The minimum atomic E-state index is -0.853. The molecule has 4 nitrogen and oxygen atoms in total. The van der Waals surface area contributed by atoms with E-state index in [1.54, 1.807) is 13.1 Å². The van der Waals surface area contributed by atoms with Crippen LogP contribution in [0.4, 0.5) is 0 Å². The normalized spacial score (nSPS) is 12.9. The summed E-state index contributed by atoms with van der Waals surface area (Å²) in [5, 5.41) is 8.81. The molecule has 14 heavy (non-hydrogen) atoms. The van der Waals surface area contributed by atoms with Gasteiger partial charge in [-0.3, -0.25) is 4.79 Å². The molecule has 1 atom stereocenters. The van der Waals surface area contributed by atoms with E-state index >= 15 is 0 Å². The number of imidazole rings is 1. The Hall–Kier alpha value is -1.84. The van der Waals surface area contributed by atoms with Crippen LogP contribution < -0.4 is 0 Å². The first-order chi connectivity index (χ1) is 6.68. The smallest absolute Gasteiger partial charge is 0.312 e. The van der Waals surface area contributed by atoms with E-state index in [0.29, 0.717) is 5.69 Å². The molecule has 0 saturated heterocycles. The van der Waals surface area contributed by atoms with Crippen LogP contribution in [-0.4, -0.2) is 20.5 Å². The largest absolute Gasteiger partial charge is 0.481 e. The van der Waals surface area contributed by atoms with Crippen LogP contribution in [0.5, 0.6) is 0 Å². The molecule has 0 aliphatic carbocycles. The van der Waals surface area contributed by atoms with Gasteiger partial charge in [-0.1, -0.05) is 6.07 Å². The average molecular weight is 190 g/mol. The van der Waals surface area contributed by atoms with Crippen LogP contribution in [0.1, 0.15) is 18.5 Å². The molecule has 2 rings (SSSR count). The summed E-state index contributed by atoms with van der Waals surface area (Å²) in [5.41, 5.74) is 1.36. The summed E-state index contributed by atoms with van der Waals surface area (Å²) in [6.45, 7) is 1.63. The summed E-state index contributed by atoms with van der Waals surface area (Å²) in [4.78, 5) is 14.9. The van der Waals surface area contributed by atoms with E-state index in [0.717, 1.165) is 5.65 Å². The maximum atomic E-state index is 10.7. The molecular formula is C10H10N2O2. The molecule has 0 aliphatic rings. The van der Waals surface area contributed by atoms with Crippen LogP contribution in [0.25, 0.3) is 5.65 Å². The van der Waals surface area contributed by atoms with Gasteiger partial charge in [-0.05, 0) is 19.1 Å². The van der Waals surface area contributed by atoms with Gasteiger partial charge in [-0.2, -0.15) is 0 Å². The highest BCUT2D eigenvalue weighted by atomic mass is 16.4. The van der Waals surface area contributed by atoms with Crippen molar-refractivity contribution < 1.29 is 9.90 Å². The molecular weight excluding hydrogens is 180 g/mol. The molecule has 0 aliphatic heterocycles. The fourth-order valence-electron chi connectivity index (χ4n) is 1.29. The van der Waals surface area contributed by atoms with Gasteiger partial charge in [0.15, 0.2) is 0 Å². The first kappa shape index (κ1) is 8.74. The molecule has 2 aromatic heterocycles. The number of carboxylic acid groups (broad SMARTS) is 1. The lowest BCUT2D eigenvalue weighted by Gasteiger charge is -1.98. The van der Waals surface area contributed by atoms with Crippen molar-refractivity contribution in [3.63, 3.8) is 0 Å². The van der Waals surface area contributed by atoms with Crippen molar-refractivity contribution in [3.05, 3.63) is 36.3 Å². The van der Waals surface area contributed by atoms with Gasteiger partial charge in [0.05, 0.1) is 11.6 Å². The van der Waals surface area contributed by atoms with E-state index in [-0.39, 0.29) is 0 Å². The van der Waals surface area contributed by atoms with E-state index in [4.69, 9.17) is 5.11 Å². The summed E-state index contributed by atoms with van der Waals surface area (Å²) >= 11 is 0. The maximum Gasteiger partial charge on any atom is 0.312 e. The van der Waals surface area contributed by atoms with Gasteiger partial charge < -0.3 is 9.51 Å². The van der Waals surface area contributed by atoms with E-state index in [1.165, 1.54) is 0 Å². The number of hydrogen-bond donors (Lipinski definition) is 1. The van der Waals surface area contributed by atoms with E-state index in [1.807, 2.05) is 28.8 Å². The summed E-state index contributed by atoms with van der Waals surface area (Å²) < 4.78 is 1.81. The number of carboxylic acids is 1. The second kappa shape index (κ2) is 3.14. The van der Waals surface area contributed by atoms with Crippen molar-refractivity contribution in [3.8, 4) is 0 Å². The Morgan fingerprint density at radius 3 is 3.00 bits per heavy atom. The van der Waals surface area contributed by atoms with Crippen LogP contribution in [0.15, 0.2) is 30.6 Å². The summed E-state index contributed by atoms with van der Waals surface area (Å²) in [5.74, 6) is -1.41. The van der Waals surface area contributed by atoms with Crippen LogP contribution in [0, 0.1) is 0 Å². The molecule has 4 heteroatoms. The van der Waals surface area contributed by atoms with E-state index in [9.17, 15) is 4.79 Å². The molecule has 2 heterocycles. The minimum absolute atomic E-state index is 0.560.